The molecule has 8 heteroatoms. The van der Waals surface area contributed by atoms with E-state index in [0.29, 0.717) is 23.2 Å². The monoisotopic (exact) mass is 539 g/mol. The molecule has 0 bridgehead atoms. The molecule has 2 unspecified atom stereocenters. The third-order valence-electron chi connectivity index (χ3n) is 6.49. The molecule has 0 saturated carbocycles. The van der Waals surface area contributed by atoms with Crippen molar-refractivity contribution in [1.29, 1.82) is 0 Å². The minimum absolute atomic E-state index is 0.0433. The Kier molecular flexibility index (Phi) is 11.4. The average Bonchev–Trinajstić information content (AvgIpc) is 2.84. The highest BCUT2D eigenvalue weighted by Gasteiger charge is 2.36. The van der Waals surface area contributed by atoms with Gasteiger partial charge < -0.3 is 25.4 Å². The van der Waals surface area contributed by atoms with Gasteiger partial charge in [-0.25, -0.2) is 4.79 Å². The van der Waals surface area contributed by atoms with E-state index in [1.54, 1.807) is 52.8 Å². The van der Waals surface area contributed by atoms with E-state index in [1.807, 2.05) is 32.0 Å². The molecule has 2 atom stereocenters. The van der Waals surface area contributed by atoms with Gasteiger partial charge in [-0.15, -0.1) is 0 Å². The molecule has 3 N–H and O–H groups in total. The fourth-order valence-electron chi connectivity index (χ4n) is 4.43. The molecule has 0 aliphatic heterocycles. The number of hydrogen-bond acceptors (Lipinski definition) is 5. The smallest absolute Gasteiger partial charge is 0.408 e. The lowest BCUT2D eigenvalue weighted by Gasteiger charge is -2.34. The van der Waals surface area contributed by atoms with E-state index in [1.165, 1.54) is 4.90 Å². The molecule has 8 nitrogen and oxygen atoms in total. The van der Waals surface area contributed by atoms with Crippen molar-refractivity contribution < 1.29 is 24.2 Å². The molecule has 0 radical (unpaired) electrons. The SMILES string of the molecule is CCCCCCN(C(=O)C(C)NC(=O)OC(C)(C)C)C(C(=O)Nc1c(C)cccc1C)c1cccc(C)c1O. The van der Waals surface area contributed by atoms with Crippen LogP contribution in [0.1, 0.15) is 88.6 Å². The number of rotatable bonds is 11. The number of phenolic OH excluding ortho intramolecular Hbond substituents is 1. The molecule has 0 aromatic heterocycles. The Bertz CT molecular complexity index is 1140. The Balaban J connectivity index is 2.54. The predicted molar refractivity (Wildman–Crippen MR) is 155 cm³/mol. The maximum absolute atomic E-state index is 14.0. The first-order chi connectivity index (χ1) is 18.3. The number of alkyl carbamates (subject to hydrolysis) is 1. The predicted octanol–water partition coefficient (Wildman–Crippen LogP) is 6.32. The number of carbonyl (C=O) groups excluding carboxylic acids is 3. The second kappa shape index (κ2) is 14.0. The number of hydrogen-bond donors (Lipinski definition) is 3. The highest BCUT2D eigenvalue weighted by Crippen LogP contribution is 2.34. The summed E-state index contributed by atoms with van der Waals surface area (Å²) < 4.78 is 5.34. The fraction of sp³-hybridized carbons (Fsp3) is 0.516. The lowest BCUT2D eigenvalue weighted by atomic mass is 9.98. The fourth-order valence-corrected chi connectivity index (χ4v) is 4.43. The van der Waals surface area contributed by atoms with E-state index in [0.717, 1.165) is 30.4 Å². The number of amides is 3. The number of ether oxygens (including phenoxy) is 1. The summed E-state index contributed by atoms with van der Waals surface area (Å²) in [6.07, 6.45) is 2.82. The van der Waals surface area contributed by atoms with Gasteiger partial charge in [-0.05, 0) is 71.6 Å². The molecule has 2 aromatic carbocycles. The molecule has 0 spiro atoms. The maximum atomic E-state index is 14.0. The zero-order valence-electron chi connectivity index (χ0n) is 24.7. The molecule has 0 saturated heterocycles. The highest BCUT2D eigenvalue weighted by molar-refractivity contribution is 6.00. The standard InChI is InChI=1S/C31H45N3O5/c1-9-10-11-12-19-34(29(37)23(5)32-30(38)39-31(6,7)8)26(24-18-14-17-22(4)27(24)35)28(36)33-25-20(2)15-13-16-21(25)3/h13-18,23,26,35H,9-12,19H2,1-8H3,(H,32,38)(H,33,36). The van der Waals surface area contributed by atoms with Gasteiger partial charge in [0.25, 0.3) is 5.91 Å². The zero-order valence-corrected chi connectivity index (χ0v) is 24.7. The van der Waals surface area contributed by atoms with Crippen LogP contribution < -0.4 is 10.6 Å². The Morgan fingerprint density at radius 1 is 0.949 bits per heavy atom. The zero-order chi connectivity index (χ0) is 29.3. The third kappa shape index (κ3) is 9.01. The molecule has 3 amide bonds. The summed E-state index contributed by atoms with van der Waals surface area (Å²) in [4.78, 5) is 41.9. The second-order valence-corrected chi connectivity index (χ2v) is 11.1. The molecule has 0 aliphatic rings. The van der Waals surface area contributed by atoms with E-state index in [4.69, 9.17) is 4.74 Å². The Hall–Kier alpha value is -3.55. The number of aryl methyl sites for hydroxylation is 3. The highest BCUT2D eigenvalue weighted by atomic mass is 16.6. The third-order valence-corrected chi connectivity index (χ3v) is 6.49. The van der Waals surface area contributed by atoms with Crippen LogP contribution in [0.5, 0.6) is 5.75 Å². The van der Waals surface area contributed by atoms with E-state index in [9.17, 15) is 19.5 Å². The van der Waals surface area contributed by atoms with Crippen LogP contribution in [0.2, 0.25) is 0 Å². The molecule has 0 fully saturated rings. The summed E-state index contributed by atoms with van der Waals surface area (Å²) in [7, 11) is 0. The van der Waals surface area contributed by atoms with Crippen molar-refractivity contribution in [3.05, 3.63) is 58.7 Å². The van der Waals surface area contributed by atoms with Crippen LogP contribution in [0.25, 0.3) is 0 Å². The summed E-state index contributed by atoms with van der Waals surface area (Å²) in [5, 5.41) is 16.7. The largest absolute Gasteiger partial charge is 0.507 e. The molecule has 2 aromatic rings. The number of nitrogens with one attached hydrogen (secondary N) is 2. The van der Waals surface area contributed by atoms with Crippen LogP contribution in [0.4, 0.5) is 10.5 Å². The van der Waals surface area contributed by atoms with Crippen LogP contribution in [-0.4, -0.2) is 46.1 Å². The van der Waals surface area contributed by atoms with Crippen molar-refractivity contribution in [2.24, 2.45) is 0 Å². The second-order valence-electron chi connectivity index (χ2n) is 11.1. The van der Waals surface area contributed by atoms with Gasteiger partial charge >= 0.3 is 6.09 Å². The number of phenols is 1. The number of unbranched alkanes of at least 4 members (excludes halogenated alkanes) is 3. The van der Waals surface area contributed by atoms with Gasteiger partial charge in [0.05, 0.1) is 0 Å². The number of aromatic hydroxyl groups is 1. The molecule has 39 heavy (non-hydrogen) atoms. The summed E-state index contributed by atoms with van der Waals surface area (Å²) in [5.41, 5.74) is 2.63. The van der Waals surface area contributed by atoms with Gasteiger partial charge in [-0.3, -0.25) is 9.59 Å². The van der Waals surface area contributed by atoms with Gasteiger partial charge in [-0.1, -0.05) is 62.6 Å². The summed E-state index contributed by atoms with van der Waals surface area (Å²) >= 11 is 0. The first-order valence-electron chi connectivity index (χ1n) is 13.7. The van der Waals surface area contributed by atoms with Crippen molar-refractivity contribution in [2.75, 3.05) is 11.9 Å². The van der Waals surface area contributed by atoms with Crippen LogP contribution >= 0.6 is 0 Å². The quantitative estimate of drug-likeness (QED) is 0.290. The van der Waals surface area contributed by atoms with E-state index in [2.05, 4.69) is 17.6 Å². The molecular formula is C31H45N3O5. The lowest BCUT2D eigenvalue weighted by molar-refractivity contribution is -0.140. The van der Waals surface area contributed by atoms with Gasteiger partial charge in [0.2, 0.25) is 5.91 Å². The minimum atomic E-state index is -1.12. The Labute approximate surface area is 233 Å². The molecule has 0 aliphatic carbocycles. The van der Waals surface area contributed by atoms with E-state index in [-0.39, 0.29) is 12.3 Å². The summed E-state index contributed by atoms with van der Waals surface area (Å²) in [5.74, 6) is -0.931. The van der Waals surface area contributed by atoms with E-state index < -0.39 is 35.6 Å². The average molecular weight is 540 g/mol. The van der Waals surface area contributed by atoms with Crippen molar-refractivity contribution in [1.82, 2.24) is 10.2 Å². The van der Waals surface area contributed by atoms with Gasteiger partial charge in [0, 0.05) is 17.8 Å². The first kappa shape index (κ1) is 31.7. The van der Waals surface area contributed by atoms with Gasteiger partial charge in [0.15, 0.2) is 0 Å². The van der Waals surface area contributed by atoms with Crippen molar-refractivity contribution in [2.45, 2.75) is 98.8 Å². The van der Waals surface area contributed by atoms with Gasteiger partial charge in [-0.2, -0.15) is 0 Å². The Morgan fingerprint density at radius 3 is 2.13 bits per heavy atom. The summed E-state index contributed by atoms with van der Waals surface area (Å²) in [6.45, 7) is 14.7. The normalized spacial score (nSPS) is 12.8. The van der Waals surface area contributed by atoms with Crippen molar-refractivity contribution in [3.63, 3.8) is 0 Å². The number of anilines is 1. The molecular weight excluding hydrogens is 494 g/mol. The number of benzene rings is 2. The summed E-state index contributed by atoms with van der Waals surface area (Å²) in [6, 6.07) is 8.80. The molecule has 0 heterocycles. The molecule has 2 rings (SSSR count). The van der Waals surface area contributed by atoms with Crippen LogP contribution in [-0.2, 0) is 14.3 Å². The van der Waals surface area contributed by atoms with Crippen LogP contribution in [0.15, 0.2) is 36.4 Å². The van der Waals surface area contributed by atoms with Crippen LogP contribution in [0.3, 0.4) is 0 Å². The van der Waals surface area contributed by atoms with Crippen LogP contribution in [0, 0.1) is 20.8 Å². The number of nitrogens with zero attached hydrogens (tertiary/aromatic N) is 1. The lowest BCUT2D eigenvalue weighted by Crippen LogP contribution is -2.51. The Morgan fingerprint density at radius 2 is 1.54 bits per heavy atom. The first-order valence-corrected chi connectivity index (χ1v) is 13.7. The maximum Gasteiger partial charge on any atom is 0.408 e. The topological polar surface area (TPSA) is 108 Å². The number of carbonyl (C=O) groups is 3. The number of para-hydroxylation sites is 2. The molecule has 214 valence electrons. The van der Waals surface area contributed by atoms with Crippen molar-refractivity contribution >= 4 is 23.6 Å². The minimum Gasteiger partial charge on any atom is -0.507 e. The van der Waals surface area contributed by atoms with Gasteiger partial charge in [0.1, 0.15) is 23.4 Å². The van der Waals surface area contributed by atoms with E-state index >= 15 is 0 Å². The van der Waals surface area contributed by atoms with Crippen molar-refractivity contribution in [3.8, 4) is 5.75 Å².